The maximum Gasteiger partial charge on any atom is 0.326 e. The van der Waals surface area contributed by atoms with Gasteiger partial charge in [0.2, 0.25) is 23.6 Å². The fourth-order valence-corrected chi connectivity index (χ4v) is 5.50. The number of rotatable bonds is 18. The Morgan fingerprint density at radius 3 is 1.78 bits per heavy atom. The van der Waals surface area contributed by atoms with Gasteiger partial charge in [0.15, 0.2) is 5.96 Å². The Morgan fingerprint density at radius 2 is 1.22 bits per heavy atom. The highest BCUT2D eigenvalue weighted by Gasteiger charge is 2.31. The summed E-state index contributed by atoms with van der Waals surface area (Å²) >= 11 is 0. The smallest absolute Gasteiger partial charge is 0.326 e. The molecule has 0 aliphatic carbocycles. The molecule has 16 heteroatoms. The third-order valence-electron chi connectivity index (χ3n) is 8.06. The van der Waals surface area contributed by atoms with Gasteiger partial charge in [-0.05, 0) is 48.9 Å². The second kappa shape index (κ2) is 16.8. The summed E-state index contributed by atoms with van der Waals surface area (Å²) in [6, 6.07) is 9.92. The number of H-pyrrole nitrogens is 2. The Morgan fingerprint density at radius 1 is 0.714 bits per heavy atom. The number of nitrogens with zero attached hydrogens (tertiary/aromatic N) is 1. The summed E-state index contributed by atoms with van der Waals surface area (Å²) in [5.74, 6) is -4.37. The monoisotopic (exact) mass is 674 g/mol. The van der Waals surface area contributed by atoms with Crippen LogP contribution in [0.1, 0.15) is 36.8 Å². The molecule has 2 heterocycles. The number of hydrogen-bond acceptors (Lipinski definition) is 7. The van der Waals surface area contributed by atoms with E-state index in [2.05, 4.69) is 30.9 Å². The Balaban J connectivity index is 1.48. The van der Waals surface area contributed by atoms with Gasteiger partial charge in [-0.1, -0.05) is 36.4 Å². The summed E-state index contributed by atoms with van der Waals surface area (Å²) < 4.78 is 0. The predicted octanol–water partition coefficient (Wildman–Crippen LogP) is -0.380. The van der Waals surface area contributed by atoms with Crippen LogP contribution in [0, 0.1) is 0 Å². The van der Waals surface area contributed by atoms with Crippen LogP contribution in [0.25, 0.3) is 21.8 Å². The number of hydrogen-bond donors (Lipinski definition) is 10. The molecule has 0 aliphatic rings. The van der Waals surface area contributed by atoms with Crippen LogP contribution in [0.15, 0.2) is 65.9 Å². The van der Waals surface area contributed by atoms with Crippen LogP contribution >= 0.6 is 0 Å². The Bertz CT molecular complexity index is 1830. The van der Waals surface area contributed by atoms with Crippen LogP contribution in [0.2, 0.25) is 0 Å². The summed E-state index contributed by atoms with van der Waals surface area (Å²) in [6.07, 6.45) is 3.39. The van der Waals surface area contributed by atoms with Crippen molar-refractivity contribution in [3.8, 4) is 0 Å². The Hall–Kier alpha value is -5.90. The van der Waals surface area contributed by atoms with Crippen LogP contribution in [0.4, 0.5) is 0 Å². The predicted molar refractivity (Wildman–Crippen MR) is 184 cm³/mol. The van der Waals surface area contributed by atoms with Crippen LogP contribution in [0.3, 0.4) is 0 Å². The van der Waals surface area contributed by atoms with Gasteiger partial charge in [0.05, 0.1) is 6.04 Å². The zero-order chi connectivity index (χ0) is 35.5. The van der Waals surface area contributed by atoms with Crippen molar-refractivity contribution >= 4 is 57.4 Å². The number of guanidine groups is 1. The third-order valence-corrected chi connectivity index (χ3v) is 8.06. The summed E-state index contributed by atoms with van der Waals surface area (Å²) in [4.78, 5) is 74.3. The Kier molecular flexibility index (Phi) is 12.3. The van der Waals surface area contributed by atoms with Crippen molar-refractivity contribution in [2.45, 2.75) is 62.7 Å². The number of aliphatic imine (C=N–C) groups is 1. The second-order valence-electron chi connectivity index (χ2n) is 11.7. The number of aliphatic carboxylic acids is 1. The van der Waals surface area contributed by atoms with Crippen LogP contribution in [-0.4, -0.2) is 81.3 Å². The zero-order valence-corrected chi connectivity index (χ0v) is 26.8. The molecule has 260 valence electrons. The normalized spacial score (nSPS) is 13.6. The lowest BCUT2D eigenvalue weighted by molar-refractivity contribution is -0.142. The fraction of sp³-hybridized carbons (Fsp3) is 0.333. The molecule has 0 saturated carbocycles. The lowest BCUT2D eigenvalue weighted by Gasteiger charge is -2.25. The quantitative estimate of drug-likeness (QED) is 0.0373. The van der Waals surface area contributed by atoms with Crippen molar-refractivity contribution in [1.29, 1.82) is 0 Å². The average molecular weight is 675 g/mol. The molecule has 0 bridgehead atoms. The first-order chi connectivity index (χ1) is 23.4. The molecule has 16 nitrogen and oxygen atoms in total. The Labute approximate surface area is 281 Å². The largest absolute Gasteiger partial charge is 0.480 e. The van der Waals surface area contributed by atoms with Gasteiger partial charge in [0.1, 0.15) is 18.1 Å². The van der Waals surface area contributed by atoms with Crippen LogP contribution in [0.5, 0.6) is 0 Å². The number of carboxylic acids is 1. The molecular formula is C33H42N10O6. The standard InChI is InChI=1S/C33H42N10O6/c34-22(14-18-16-39-23-8-3-1-6-20(18)23)29(45)41-26(11-12-28(35)44)31(47)42-25(10-5-13-38-33(36)37)30(46)43-27(32(48)49)15-19-17-40-24-9-4-2-7-21(19)24/h1-4,6-9,16-17,22,25-27,39-40H,5,10-15,34H2,(H2,35,44)(H,41,45)(H,42,47)(H,43,46)(H,48,49)(H4,36,37,38). The van der Waals surface area contributed by atoms with Gasteiger partial charge in [-0.15, -0.1) is 0 Å². The molecular weight excluding hydrogens is 632 g/mol. The number of aromatic amines is 2. The van der Waals surface area contributed by atoms with E-state index in [9.17, 15) is 29.1 Å². The maximum absolute atomic E-state index is 13.6. The molecule has 4 aromatic rings. The van der Waals surface area contributed by atoms with E-state index in [1.807, 2.05) is 48.5 Å². The first kappa shape index (κ1) is 35.9. The molecule has 0 saturated heterocycles. The van der Waals surface area contributed by atoms with Crippen molar-refractivity contribution in [3.63, 3.8) is 0 Å². The van der Waals surface area contributed by atoms with Crippen molar-refractivity contribution in [2.24, 2.45) is 27.9 Å². The molecule has 4 unspecified atom stereocenters. The minimum atomic E-state index is -1.34. The molecule has 0 aliphatic heterocycles. The molecule has 4 amide bonds. The molecule has 0 spiro atoms. The van der Waals surface area contributed by atoms with E-state index >= 15 is 0 Å². The van der Waals surface area contributed by atoms with Gasteiger partial charge in [-0.25, -0.2) is 4.79 Å². The summed E-state index contributed by atoms with van der Waals surface area (Å²) in [7, 11) is 0. The number of nitrogens with one attached hydrogen (secondary N) is 5. The van der Waals surface area contributed by atoms with Crippen molar-refractivity contribution in [3.05, 3.63) is 72.1 Å². The highest BCUT2D eigenvalue weighted by molar-refractivity contribution is 5.95. The van der Waals surface area contributed by atoms with Gasteiger partial charge in [0, 0.05) is 53.6 Å². The van der Waals surface area contributed by atoms with Gasteiger partial charge >= 0.3 is 5.97 Å². The van der Waals surface area contributed by atoms with Crippen LogP contribution in [-0.2, 0) is 36.8 Å². The minimum Gasteiger partial charge on any atom is -0.480 e. The highest BCUT2D eigenvalue weighted by Crippen LogP contribution is 2.20. The number of carbonyl (C=O) groups excluding carboxylic acids is 4. The number of para-hydroxylation sites is 2. The van der Waals surface area contributed by atoms with E-state index < -0.39 is 53.8 Å². The zero-order valence-electron chi connectivity index (χ0n) is 26.8. The lowest BCUT2D eigenvalue weighted by Crippen LogP contribution is -2.57. The van der Waals surface area contributed by atoms with Gasteiger partial charge < -0.3 is 54.0 Å². The molecule has 4 atom stereocenters. The lowest BCUT2D eigenvalue weighted by atomic mass is 10.0. The van der Waals surface area contributed by atoms with E-state index in [0.717, 1.165) is 27.4 Å². The number of amides is 4. The molecule has 4 rings (SSSR count). The van der Waals surface area contributed by atoms with Crippen molar-refractivity contribution in [1.82, 2.24) is 25.9 Å². The van der Waals surface area contributed by atoms with Gasteiger partial charge in [-0.2, -0.15) is 0 Å². The summed E-state index contributed by atoms with van der Waals surface area (Å²) in [5, 5.41) is 19.4. The first-order valence-electron chi connectivity index (χ1n) is 15.8. The summed E-state index contributed by atoms with van der Waals surface area (Å²) in [5.41, 5.74) is 25.5. The average Bonchev–Trinajstić information content (AvgIpc) is 3.67. The van der Waals surface area contributed by atoms with Gasteiger partial charge in [0.25, 0.3) is 0 Å². The van der Waals surface area contributed by atoms with Crippen molar-refractivity contribution in [2.75, 3.05) is 6.54 Å². The number of aromatic nitrogens is 2. The number of fused-ring (bicyclic) bond motifs is 2. The fourth-order valence-electron chi connectivity index (χ4n) is 5.50. The van der Waals surface area contributed by atoms with E-state index in [-0.39, 0.29) is 51.0 Å². The van der Waals surface area contributed by atoms with Crippen molar-refractivity contribution < 1.29 is 29.1 Å². The molecule has 2 aromatic heterocycles. The minimum absolute atomic E-state index is 0.0182. The third kappa shape index (κ3) is 10.0. The topological polar surface area (TPSA) is 290 Å². The van der Waals surface area contributed by atoms with E-state index in [4.69, 9.17) is 22.9 Å². The number of carboxylic acid groups (broad SMARTS) is 1. The SMILES string of the molecule is NC(=O)CCC(NC(=O)C(N)Cc1c[nH]c2ccccc12)C(=O)NC(CCCN=C(N)N)C(=O)NC(Cc1c[nH]c2ccccc12)C(=O)O. The molecule has 0 fully saturated rings. The number of primary amides is 1. The first-order valence-corrected chi connectivity index (χ1v) is 15.8. The van der Waals surface area contributed by atoms with Gasteiger partial charge in [-0.3, -0.25) is 24.2 Å². The van der Waals surface area contributed by atoms with E-state index in [1.54, 1.807) is 12.4 Å². The molecule has 2 aromatic carbocycles. The highest BCUT2D eigenvalue weighted by atomic mass is 16.4. The number of carbonyl (C=O) groups is 5. The molecule has 14 N–H and O–H groups in total. The maximum atomic E-state index is 13.6. The van der Waals surface area contributed by atoms with E-state index in [0.29, 0.717) is 5.56 Å². The number of nitrogens with two attached hydrogens (primary N) is 4. The van der Waals surface area contributed by atoms with Crippen LogP contribution < -0.4 is 38.9 Å². The summed E-state index contributed by atoms with van der Waals surface area (Å²) in [6.45, 7) is 0.129. The molecule has 49 heavy (non-hydrogen) atoms. The second-order valence-corrected chi connectivity index (χ2v) is 11.7. The van der Waals surface area contributed by atoms with E-state index in [1.165, 1.54) is 0 Å². The molecule has 0 radical (unpaired) electrons. The number of benzene rings is 2.